The maximum atomic E-state index is 12.1. The molecule has 25 heavy (non-hydrogen) atoms. The number of fused-ring (bicyclic) bond motifs is 1. The quantitative estimate of drug-likeness (QED) is 0.731. The summed E-state index contributed by atoms with van der Waals surface area (Å²) in [6, 6.07) is 13.3. The summed E-state index contributed by atoms with van der Waals surface area (Å²) in [5.74, 6) is -1.36. The van der Waals surface area contributed by atoms with Gasteiger partial charge < -0.3 is 15.7 Å². The van der Waals surface area contributed by atoms with E-state index in [1.807, 2.05) is 64.1 Å². The molecule has 0 bridgehead atoms. The van der Waals surface area contributed by atoms with Gasteiger partial charge in [-0.1, -0.05) is 58.0 Å². The minimum absolute atomic E-state index is 0.0679. The van der Waals surface area contributed by atoms with Gasteiger partial charge in [-0.3, -0.25) is 9.59 Å². The molecule has 0 radical (unpaired) electrons. The molecular weight excluding hydrogens is 316 g/mol. The van der Waals surface area contributed by atoms with Crippen molar-refractivity contribution in [3.8, 4) is 0 Å². The monoisotopic (exact) mass is 342 g/mol. The van der Waals surface area contributed by atoms with E-state index in [4.69, 9.17) is 0 Å². The molecular formula is C20H26N2O3. The van der Waals surface area contributed by atoms with Crippen molar-refractivity contribution in [3.63, 3.8) is 0 Å². The lowest BCUT2D eigenvalue weighted by Crippen LogP contribution is -2.46. The van der Waals surface area contributed by atoms with Crippen LogP contribution in [0, 0.1) is 11.3 Å². The zero-order valence-electron chi connectivity index (χ0n) is 15.2. The van der Waals surface area contributed by atoms with E-state index >= 15 is 0 Å². The van der Waals surface area contributed by atoms with Crippen LogP contribution in [0.5, 0.6) is 0 Å². The van der Waals surface area contributed by atoms with Gasteiger partial charge in [0.1, 0.15) is 0 Å². The van der Waals surface area contributed by atoms with Gasteiger partial charge >= 0.3 is 11.8 Å². The Morgan fingerprint density at radius 3 is 2.32 bits per heavy atom. The van der Waals surface area contributed by atoms with E-state index in [-0.39, 0.29) is 12.5 Å². The highest BCUT2D eigenvalue weighted by molar-refractivity contribution is 6.39. The Balaban J connectivity index is 1.96. The summed E-state index contributed by atoms with van der Waals surface area (Å²) in [6.07, 6.45) is -0.573. The minimum Gasteiger partial charge on any atom is -0.392 e. The highest BCUT2D eigenvalue weighted by Crippen LogP contribution is 2.25. The number of carbonyl (C=O) groups is 2. The molecule has 2 amide bonds. The number of hydrogen-bond acceptors (Lipinski definition) is 3. The highest BCUT2D eigenvalue weighted by Gasteiger charge is 2.31. The van der Waals surface area contributed by atoms with Crippen LogP contribution in [0.3, 0.4) is 0 Å². The van der Waals surface area contributed by atoms with Crippen molar-refractivity contribution >= 4 is 28.3 Å². The van der Waals surface area contributed by atoms with Crippen LogP contribution in [0.15, 0.2) is 42.5 Å². The summed E-state index contributed by atoms with van der Waals surface area (Å²) in [5, 5.41) is 17.5. The lowest BCUT2D eigenvalue weighted by Gasteiger charge is -2.33. The summed E-state index contributed by atoms with van der Waals surface area (Å²) < 4.78 is 0. The van der Waals surface area contributed by atoms with E-state index < -0.39 is 23.3 Å². The number of aliphatic hydroxyl groups excluding tert-OH is 1. The highest BCUT2D eigenvalue weighted by atomic mass is 16.3. The molecule has 0 saturated heterocycles. The summed E-state index contributed by atoms with van der Waals surface area (Å²) >= 11 is 0. The van der Waals surface area contributed by atoms with Crippen LogP contribution in [0.1, 0.15) is 27.7 Å². The number of amides is 2. The van der Waals surface area contributed by atoms with E-state index in [2.05, 4.69) is 10.6 Å². The fourth-order valence-corrected chi connectivity index (χ4v) is 2.85. The fraction of sp³-hybridized carbons (Fsp3) is 0.400. The van der Waals surface area contributed by atoms with Crippen molar-refractivity contribution in [2.24, 2.45) is 11.3 Å². The predicted molar refractivity (Wildman–Crippen MR) is 100 cm³/mol. The lowest BCUT2D eigenvalue weighted by atomic mass is 9.81. The van der Waals surface area contributed by atoms with E-state index in [0.29, 0.717) is 5.69 Å². The summed E-state index contributed by atoms with van der Waals surface area (Å²) in [6.45, 7) is 7.77. The van der Waals surface area contributed by atoms with Crippen molar-refractivity contribution in [3.05, 3.63) is 42.5 Å². The number of benzene rings is 2. The topological polar surface area (TPSA) is 78.4 Å². The van der Waals surface area contributed by atoms with Crippen molar-refractivity contribution in [2.45, 2.75) is 33.8 Å². The van der Waals surface area contributed by atoms with Gasteiger partial charge in [0.15, 0.2) is 0 Å². The SMILES string of the molecule is CC(C)C(O)C(C)(C)CNC(=O)C(=O)Nc1ccc2ccccc2c1. The number of rotatable bonds is 5. The Labute approximate surface area is 148 Å². The first kappa shape index (κ1) is 18.9. The van der Waals surface area contributed by atoms with E-state index in [0.717, 1.165) is 10.8 Å². The average Bonchev–Trinajstić information content (AvgIpc) is 2.58. The number of carbonyl (C=O) groups excluding carboxylic acids is 2. The molecule has 0 aromatic heterocycles. The first-order valence-corrected chi connectivity index (χ1v) is 8.47. The van der Waals surface area contributed by atoms with Crippen LogP contribution in [0.4, 0.5) is 5.69 Å². The molecule has 0 saturated carbocycles. The van der Waals surface area contributed by atoms with Crippen molar-refractivity contribution in [1.29, 1.82) is 0 Å². The molecule has 0 aliphatic carbocycles. The second-order valence-corrected chi connectivity index (χ2v) is 7.38. The van der Waals surface area contributed by atoms with E-state index in [1.165, 1.54) is 0 Å². The third-order valence-electron chi connectivity index (χ3n) is 4.35. The normalized spacial score (nSPS) is 12.9. The Bertz CT molecular complexity index is 768. The predicted octanol–water partition coefficient (Wildman–Crippen LogP) is 2.94. The molecule has 0 spiro atoms. The number of aliphatic hydroxyl groups is 1. The van der Waals surface area contributed by atoms with Crippen LogP contribution >= 0.6 is 0 Å². The molecule has 1 unspecified atom stereocenters. The lowest BCUT2D eigenvalue weighted by molar-refractivity contribution is -0.136. The van der Waals surface area contributed by atoms with E-state index in [9.17, 15) is 14.7 Å². The van der Waals surface area contributed by atoms with Crippen LogP contribution < -0.4 is 10.6 Å². The number of anilines is 1. The summed E-state index contributed by atoms with van der Waals surface area (Å²) in [7, 11) is 0. The Morgan fingerprint density at radius 1 is 1.04 bits per heavy atom. The van der Waals surface area contributed by atoms with E-state index in [1.54, 1.807) is 6.07 Å². The molecule has 0 fully saturated rings. The van der Waals surface area contributed by atoms with Crippen molar-refractivity contribution in [1.82, 2.24) is 5.32 Å². The smallest absolute Gasteiger partial charge is 0.313 e. The maximum Gasteiger partial charge on any atom is 0.313 e. The molecule has 2 aromatic carbocycles. The van der Waals surface area contributed by atoms with Gasteiger partial charge in [-0.25, -0.2) is 0 Å². The van der Waals surface area contributed by atoms with Crippen LogP contribution in [0.2, 0.25) is 0 Å². The van der Waals surface area contributed by atoms with Crippen molar-refractivity contribution < 1.29 is 14.7 Å². The molecule has 0 aliphatic heterocycles. The zero-order valence-corrected chi connectivity index (χ0v) is 15.2. The Kier molecular flexibility index (Phi) is 5.80. The van der Waals surface area contributed by atoms with Gasteiger partial charge in [-0.15, -0.1) is 0 Å². The first-order valence-electron chi connectivity index (χ1n) is 8.47. The molecule has 0 aliphatic rings. The van der Waals surface area contributed by atoms with Gasteiger partial charge in [0.2, 0.25) is 0 Å². The minimum atomic E-state index is -0.717. The maximum absolute atomic E-state index is 12.1. The van der Waals surface area contributed by atoms with Gasteiger partial charge in [0, 0.05) is 17.6 Å². The third-order valence-corrected chi connectivity index (χ3v) is 4.35. The van der Waals surface area contributed by atoms with Gasteiger partial charge in [-0.05, 0) is 28.8 Å². The first-order chi connectivity index (χ1) is 11.7. The number of hydrogen-bond donors (Lipinski definition) is 3. The molecule has 1 atom stereocenters. The number of nitrogens with one attached hydrogen (secondary N) is 2. The van der Waals surface area contributed by atoms with Gasteiger partial charge in [0.05, 0.1) is 6.10 Å². The van der Waals surface area contributed by atoms with Crippen LogP contribution in [-0.2, 0) is 9.59 Å². The molecule has 5 nitrogen and oxygen atoms in total. The second kappa shape index (κ2) is 7.66. The largest absolute Gasteiger partial charge is 0.392 e. The average molecular weight is 342 g/mol. The molecule has 0 heterocycles. The Hall–Kier alpha value is -2.40. The molecule has 134 valence electrons. The van der Waals surface area contributed by atoms with Gasteiger partial charge in [0.25, 0.3) is 0 Å². The fourth-order valence-electron chi connectivity index (χ4n) is 2.85. The molecule has 5 heteroatoms. The van der Waals surface area contributed by atoms with Crippen LogP contribution in [-0.4, -0.2) is 29.6 Å². The zero-order chi connectivity index (χ0) is 18.6. The third kappa shape index (κ3) is 4.79. The molecule has 3 N–H and O–H groups in total. The summed E-state index contributed by atoms with van der Waals surface area (Å²) in [4.78, 5) is 24.1. The Morgan fingerprint density at radius 2 is 1.68 bits per heavy atom. The second-order valence-electron chi connectivity index (χ2n) is 7.38. The van der Waals surface area contributed by atoms with Crippen LogP contribution in [0.25, 0.3) is 10.8 Å². The molecule has 2 rings (SSSR count). The van der Waals surface area contributed by atoms with Crippen molar-refractivity contribution in [2.75, 3.05) is 11.9 Å². The summed E-state index contributed by atoms with van der Waals surface area (Å²) in [5.41, 5.74) is 0.0490. The standard InChI is InChI=1S/C20H26N2O3/c1-13(2)17(23)20(3,4)12-21-18(24)19(25)22-16-10-9-14-7-5-6-8-15(14)11-16/h5-11,13,17,23H,12H2,1-4H3,(H,21,24)(H,22,25). The molecule has 2 aromatic rings. The van der Waals surface area contributed by atoms with Gasteiger partial charge in [-0.2, -0.15) is 0 Å².